The van der Waals surface area contributed by atoms with Crippen LogP contribution in [0, 0.1) is 0 Å². The van der Waals surface area contributed by atoms with Crippen LogP contribution in [0.15, 0.2) is 28.3 Å². The molecular formula is C12H15BrN4S. The number of halogens is 1. The van der Waals surface area contributed by atoms with Gasteiger partial charge in [0, 0.05) is 18.0 Å². The Morgan fingerprint density at radius 1 is 1.22 bits per heavy atom. The van der Waals surface area contributed by atoms with Gasteiger partial charge in [-0.05, 0) is 41.4 Å². The Hall–Kier alpha value is -1.14. The fourth-order valence-corrected chi connectivity index (χ4v) is 3.00. The maximum absolute atomic E-state index is 4.41. The topological polar surface area (TPSA) is 49.8 Å². The number of hydrogen-bond donors (Lipinski definition) is 2. The molecule has 0 saturated carbocycles. The average molecular weight is 327 g/mol. The third-order valence-electron chi connectivity index (χ3n) is 2.30. The Labute approximate surface area is 119 Å². The van der Waals surface area contributed by atoms with Gasteiger partial charge in [-0.1, -0.05) is 0 Å². The number of nitrogens with one attached hydrogen (secondary N) is 2. The second kappa shape index (κ2) is 6.70. The van der Waals surface area contributed by atoms with E-state index in [0.717, 1.165) is 31.1 Å². The molecule has 0 aromatic carbocycles. The zero-order chi connectivity index (χ0) is 12.8. The van der Waals surface area contributed by atoms with Crippen LogP contribution in [-0.2, 0) is 6.42 Å². The Morgan fingerprint density at radius 2 is 2.00 bits per heavy atom. The van der Waals surface area contributed by atoms with E-state index in [-0.39, 0.29) is 0 Å². The molecule has 2 heterocycles. The molecule has 2 aromatic heterocycles. The smallest absolute Gasteiger partial charge is 0.146 e. The fourth-order valence-electron chi connectivity index (χ4n) is 1.52. The van der Waals surface area contributed by atoms with Crippen molar-refractivity contribution in [3.8, 4) is 0 Å². The third-order valence-corrected chi connectivity index (χ3v) is 3.98. The molecule has 2 rings (SSSR count). The van der Waals surface area contributed by atoms with Gasteiger partial charge in [-0.25, -0.2) is 4.98 Å². The van der Waals surface area contributed by atoms with Crippen molar-refractivity contribution in [1.82, 2.24) is 9.97 Å². The van der Waals surface area contributed by atoms with Gasteiger partial charge >= 0.3 is 0 Å². The van der Waals surface area contributed by atoms with Crippen LogP contribution in [-0.4, -0.2) is 23.1 Å². The maximum atomic E-state index is 4.41. The summed E-state index contributed by atoms with van der Waals surface area (Å²) in [5, 5.41) is 6.42. The van der Waals surface area contributed by atoms with E-state index in [2.05, 4.69) is 48.7 Å². The van der Waals surface area contributed by atoms with Crippen molar-refractivity contribution in [2.45, 2.75) is 13.3 Å². The van der Waals surface area contributed by atoms with E-state index >= 15 is 0 Å². The fraction of sp³-hybridized carbons (Fsp3) is 0.333. The third kappa shape index (κ3) is 3.96. The number of nitrogens with zero attached hydrogens (tertiary/aromatic N) is 2. The summed E-state index contributed by atoms with van der Waals surface area (Å²) >= 11 is 5.23. The van der Waals surface area contributed by atoms with E-state index in [9.17, 15) is 0 Å². The highest BCUT2D eigenvalue weighted by molar-refractivity contribution is 9.11. The van der Waals surface area contributed by atoms with Crippen LogP contribution < -0.4 is 10.6 Å². The first-order chi connectivity index (χ1) is 8.78. The van der Waals surface area contributed by atoms with Gasteiger partial charge < -0.3 is 10.6 Å². The first-order valence-corrected chi connectivity index (χ1v) is 7.43. The monoisotopic (exact) mass is 326 g/mol. The maximum Gasteiger partial charge on any atom is 0.146 e. The minimum atomic E-state index is 0.807. The van der Waals surface area contributed by atoms with Gasteiger partial charge in [-0.2, -0.15) is 0 Å². The van der Waals surface area contributed by atoms with E-state index in [0.29, 0.717) is 0 Å². The van der Waals surface area contributed by atoms with Crippen LogP contribution in [0.5, 0.6) is 0 Å². The second-order valence-corrected chi connectivity index (χ2v) is 6.25. The molecule has 0 bridgehead atoms. The molecule has 18 heavy (non-hydrogen) atoms. The molecule has 0 atom stereocenters. The number of anilines is 2. The van der Waals surface area contributed by atoms with Gasteiger partial charge in [-0.3, -0.25) is 4.98 Å². The second-order valence-electron chi connectivity index (χ2n) is 3.70. The first-order valence-electron chi connectivity index (χ1n) is 5.82. The zero-order valence-corrected chi connectivity index (χ0v) is 12.5. The van der Waals surface area contributed by atoms with Crippen molar-refractivity contribution in [1.29, 1.82) is 0 Å². The normalized spacial score (nSPS) is 10.3. The molecule has 0 aliphatic carbocycles. The van der Waals surface area contributed by atoms with E-state index in [1.165, 1.54) is 8.66 Å². The molecule has 0 fully saturated rings. The molecule has 0 spiro atoms. The van der Waals surface area contributed by atoms with Crippen LogP contribution in [0.25, 0.3) is 0 Å². The summed E-state index contributed by atoms with van der Waals surface area (Å²) in [5.74, 6) is 1.62. The van der Waals surface area contributed by atoms with Crippen molar-refractivity contribution in [2.75, 3.05) is 23.7 Å². The lowest BCUT2D eigenvalue weighted by molar-refractivity contribution is 1.02. The number of rotatable bonds is 6. The van der Waals surface area contributed by atoms with Crippen LogP contribution in [0.4, 0.5) is 11.6 Å². The number of thiophene rings is 1. The van der Waals surface area contributed by atoms with Gasteiger partial charge in [-0.15, -0.1) is 11.3 Å². The van der Waals surface area contributed by atoms with Crippen molar-refractivity contribution in [3.63, 3.8) is 0 Å². The minimum absolute atomic E-state index is 0.807. The van der Waals surface area contributed by atoms with Crippen LogP contribution in [0.3, 0.4) is 0 Å². The van der Waals surface area contributed by atoms with Crippen molar-refractivity contribution in [3.05, 3.63) is 33.2 Å². The summed E-state index contributed by atoms with van der Waals surface area (Å²) < 4.78 is 1.17. The molecule has 96 valence electrons. The van der Waals surface area contributed by atoms with E-state index in [1.54, 1.807) is 23.7 Å². The van der Waals surface area contributed by atoms with Crippen molar-refractivity contribution in [2.24, 2.45) is 0 Å². The molecule has 0 saturated heterocycles. The lowest BCUT2D eigenvalue weighted by Gasteiger charge is -2.06. The highest BCUT2D eigenvalue weighted by atomic mass is 79.9. The Bertz CT molecular complexity index is 500. The van der Waals surface area contributed by atoms with Gasteiger partial charge in [0.2, 0.25) is 0 Å². The molecule has 0 aliphatic rings. The predicted molar refractivity (Wildman–Crippen MR) is 80.4 cm³/mol. The first kappa shape index (κ1) is 13.3. The van der Waals surface area contributed by atoms with Crippen LogP contribution >= 0.6 is 27.3 Å². The molecule has 6 heteroatoms. The zero-order valence-electron chi connectivity index (χ0n) is 10.1. The van der Waals surface area contributed by atoms with Gasteiger partial charge in [0.15, 0.2) is 0 Å². The predicted octanol–water partition coefficient (Wildman–Crippen LogP) is 3.39. The van der Waals surface area contributed by atoms with Gasteiger partial charge in [0.05, 0.1) is 16.2 Å². The molecule has 0 aliphatic heterocycles. The lowest BCUT2D eigenvalue weighted by Crippen LogP contribution is -2.07. The summed E-state index contributed by atoms with van der Waals surface area (Å²) in [4.78, 5) is 9.90. The standard InChI is InChI=1S/C12H15BrN4S/c1-2-15-11-7-14-8-12(17-11)16-6-5-9-3-4-10(13)18-9/h3-4,7-8H,2,5-6H2,1H3,(H2,15,16,17). The van der Waals surface area contributed by atoms with Gasteiger partial charge in [0.25, 0.3) is 0 Å². The minimum Gasteiger partial charge on any atom is -0.369 e. The van der Waals surface area contributed by atoms with E-state index in [4.69, 9.17) is 0 Å². The molecule has 0 unspecified atom stereocenters. The molecule has 0 amide bonds. The SMILES string of the molecule is CCNc1cncc(NCCc2ccc(Br)s2)n1. The Kier molecular flexibility index (Phi) is 4.95. The summed E-state index contributed by atoms with van der Waals surface area (Å²) in [5.41, 5.74) is 0. The number of aromatic nitrogens is 2. The molecule has 2 N–H and O–H groups in total. The quantitative estimate of drug-likeness (QED) is 0.854. The summed E-state index contributed by atoms with van der Waals surface area (Å²) in [6, 6.07) is 4.21. The number of hydrogen-bond acceptors (Lipinski definition) is 5. The van der Waals surface area contributed by atoms with Crippen molar-refractivity contribution < 1.29 is 0 Å². The highest BCUT2D eigenvalue weighted by Crippen LogP contribution is 2.22. The van der Waals surface area contributed by atoms with E-state index < -0.39 is 0 Å². The largest absolute Gasteiger partial charge is 0.369 e. The van der Waals surface area contributed by atoms with E-state index in [1.807, 2.05) is 6.92 Å². The van der Waals surface area contributed by atoms with Crippen LogP contribution in [0.1, 0.15) is 11.8 Å². The summed E-state index contributed by atoms with van der Waals surface area (Å²) in [6.45, 7) is 3.75. The van der Waals surface area contributed by atoms with Crippen molar-refractivity contribution >= 4 is 38.9 Å². The molecule has 0 radical (unpaired) electrons. The Morgan fingerprint density at radius 3 is 2.67 bits per heavy atom. The summed E-state index contributed by atoms with van der Waals surface area (Å²) in [6.07, 6.45) is 4.46. The molecule has 4 nitrogen and oxygen atoms in total. The molecule has 2 aromatic rings. The highest BCUT2D eigenvalue weighted by Gasteiger charge is 1.99. The lowest BCUT2D eigenvalue weighted by atomic mass is 10.3. The van der Waals surface area contributed by atoms with Gasteiger partial charge in [0.1, 0.15) is 11.6 Å². The Balaban J connectivity index is 1.84. The molecular weight excluding hydrogens is 312 g/mol. The summed E-state index contributed by atoms with van der Waals surface area (Å²) in [7, 11) is 0. The average Bonchev–Trinajstić information content (AvgIpc) is 2.76. The van der Waals surface area contributed by atoms with Crippen LogP contribution in [0.2, 0.25) is 0 Å².